The maximum absolute atomic E-state index is 13.1. The van der Waals surface area contributed by atoms with Crippen LogP contribution in [-0.2, 0) is 6.42 Å². The number of hydrogen-bond donors (Lipinski definition) is 2. The molecule has 0 amide bonds. The Hall–Kier alpha value is -0.900. The lowest BCUT2D eigenvalue weighted by Crippen LogP contribution is -2.37. The molecule has 0 fully saturated rings. The maximum atomic E-state index is 13.1. The van der Waals surface area contributed by atoms with Crippen molar-refractivity contribution in [2.75, 3.05) is 0 Å². The third-order valence-electron chi connectivity index (χ3n) is 3.60. The second-order valence-electron chi connectivity index (χ2n) is 5.13. The van der Waals surface area contributed by atoms with Crippen molar-refractivity contribution in [3.8, 4) is 0 Å². The highest BCUT2D eigenvalue weighted by molar-refractivity contribution is 6.30. The van der Waals surface area contributed by atoms with Crippen LogP contribution >= 0.6 is 11.6 Å². The van der Waals surface area contributed by atoms with E-state index in [0.717, 1.165) is 18.4 Å². The van der Waals surface area contributed by atoms with Crippen molar-refractivity contribution in [1.82, 2.24) is 5.43 Å². The van der Waals surface area contributed by atoms with Gasteiger partial charge in [0.25, 0.3) is 0 Å². The molecule has 0 radical (unpaired) electrons. The fourth-order valence-electron chi connectivity index (χ4n) is 2.55. The molecular formula is C15H20ClFN2. The van der Waals surface area contributed by atoms with Crippen LogP contribution in [0.2, 0.25) is 5.02 Å². The lowest BCUT2D eigenvalue weighted by Gasteiger charge is -2.20. The molecule has 0 saturated carbocycles. The Kier molecular flexibility index (Phi) is 5.37. The van der Waals surface area contributed by atoms with Gasteiger partial charge in [-0.25, -0.2) is 4.39 Å². The number of benzene rings is 1. The summed E-state index contributed by atoms with van der Waals surface area (Å²) in [6.45, 7) is 0. The van der Waals surface area contributed by atoms with Crippen molar-refractivity contribution in [2.45, 2.75) is 44.6 Å². The summed E-state index contributed by atoms with van der Waals surface area (Å²) in [5, 5.41) is 0.171. The molecule has 1 unspecified atom stereocenters. The van der Waals surface area contributed by atoms with E-state index in [1.165, 1.54) is 37.3 Å². The van der Waals surface area contributed by atoms with Gasteiger partial charge in [-0.15, -0.1) is 0 Å². The average molecular weight is 283 g/mol. The molecule has 0 bridgehead atoms. The first-order chi connectivity index (χ1) is 9.19. The quantitative estimate of drug-likeness (QED) is 0.490. The topological polar surface area (TPSA) is 38.0 Å². The smallest absolute Gasteiger partial charge is 0.141 e. The Balaban J connectivity index is 1.97. The minimum atomic E-state index is -0.377. The molecule has 1 aliphatic rings. The fourth-order valence-corrected chi connectivity index (χ4v) is 2.75. The highest BCUT2D eigenvalue weighted by Gasteiger charge is 2.13. The van der Waals surface area contributed by atoms with E-state index < -0.39 is 0 Å². The standard InChI is InChI=1S/C15H20ClFN2/c16-14-10-12(6-7-15(14)17)9-13(19-18)8-11-4-2-1-3-5-11/h4,6-7,10,13,19H,1-3,5,8-9,18H2. The zero-order valence-electron chi connectivity index (χ0n) is 11.0. The number of hydrazine groups is 1. The van der Waals surface area contributed by atoms with Crippen LogP contribution in [-0.4, -0.2) is 6.04 Å². The van der Waals surface area contributed by atoms with Crippen LogP contribution < -0.4 is 11.3 Å². The van der Waals surface area contributed by atoms with E-state index in [9.17, 15) is 4.39 Å². The number of hydrogen-bond acceptors (Lipinski definition) is 2. The molecule has 1 atom stereocenters. The third kappa shape index (κ3) is 4.30. The second kappa shape index (κ2) is 7.04. The number of nitrogens with two attached hydrogens (primary N) is 1. The maximum Gasteiger partial charge on any atom is 0.141 e. The zero-order chi connectivity index (χ0) is 13.7. The second-order valence-corrected chi connectivity index (χ2v) is 5.54. The summed E-state index contributed by atoms with van der Waals surface area (Å²) < 4.78 is 13.1. The van der Waals surface area contributed by atoms with E-state index in [-0.39, 0.29) is 16.9 Å². The van der Waals surface area contributed by atoms with Crippen LogP contribution in [0.25, 0.3) is 0 Å². The predicted octanol–water partition coefficient (Wildman–Crippen LogP) is 3.74. The largest absolute Gasteiger partial charge is 0.271 e. The van der Waals surface area contributed by atoms with E-state index >= 15 is 0 Å². The molecule has 4 heteroatoms. The van der Waals surface area contributed by atoms with Crippen LogP contribution in [0.15, 0.2) is 29.8 Å². The van der Waals surface area contributed by atoms with Crippen molar-refractivity contribution >= 4 is 11.6 Å². The van der Waals surface area contributed by atoms with Crippen LogP contribution in [0, 0.1) is 5.82 Å². The van der Waals surface area contributed by atoms with Crippen molar-refractivity contribution in [3.05, 3.63) is 46.3 Å². The molecule has 0 aromatic heterocycles. The summed E-state index contributed by atoms with van der Waals surface area (Å²) in [6, 6.07) is 5.02. The molecule has 0 aliphatic heterocycles. The lowest BCUT2D eigenvalue weighted by atomic mass is 9.92. The normalized spacial score (nSPS) is 17.1. The number of nitrogens with one attached hydrogen (secondary N) is 1. The first-order valence-corrected chi connectivity index (χ1v) is 7.15. The summed E-state index contributed by atoms with van der Waals surface area (Å²) in [5.41, 5.74) is 5.33. The predicted molar refractivity (Wildman–Crippen MR) is 77.4 cm³/mol. The third-order valence-corrected chi connectivity index (χ3v) is 3.89. The molecule has 0 spiro atoms. The number of rotatable bonds is 5. The molecule has 19 heavy (non-hydrogen) atoms. The zero-order valence-corrected chi connectivity index (χ0v) is 11.7. The van der Waals surface area contributed by atoms with Crippen molar-refractivity contribution < 1.29 is 4.39 Å². The Bertz CT molecular complexity index is 459. The molecular weight excluding hydrogens is 263 g/mol. The van der Waals surface area contributed by atoms with E-state index in [1.807, 2.05) is 0 Å². The molecule has 3 N–H and O–H groups in total. The van der Waals surface area contributed by atoms with Crippen molar-refractivity contribution in [1.29, 1.82) is 0 Å². The first kappa shape index (κ1) is 14.5. The summed E-state index contributed by atoms with van der Waals surface area (Å²) in [7, 11) is 0. The highest BCUT2D eigenvalue weighted by Crippen LogP contribution is 2.23. The van der Waals surface area contributed by atoms with E-state index in [4.69, 9.17) is 17.4 Å². The molecule has 1 aromatic rings. The van der Waals surface area contributed by atoms with Gasteiger partial charge in [-0.3, -0.25) is 11.3 Å². The Morgan fingerprint density at radius 2 is 2.16 bits per heavy atom. The fraction of sp³-hybridized carbons (Fsp3) is 0.467. The molecule has 0 saturated heterocycles. The monoisotopic (exact) mass is 282 g/mol. The van der Waals surface area contributed by atoms with Crippen LogP contribution in [0.5, 0.6) is 0 Å². The lowest BCUT2D eigenvalue weighted by molar-refractivity contribution is 0.504. The minimum absolute atomic E-state index is 0.171. The molecule has 2 nitrogen and oxygen atoms in total. The Labute approximate surface area is 118 Å². The van der Waals surface area contributed by atoms with E-state index in [1.54, 1.807) is 12.1 Å². The summed E-state index contributed by atoms with van der Waals surface area (Å²) in [5.74, 6) is 5.24. The van der Waals surface area contributed by atoms with Crippen LogP contribution in [0.3, 0.4) is 0 Å². The van der Waals surface area contributed by atoms with Gasteiger partial charge in [-0.2, -0.15) is 0 Å². The molecule has 2 rings (SSSR count). The summed E-state index contributed by atoms with van der Waals surface area (Å²) in [6.07, 6.45) is 8.94. The molecule has 104 valence electrons. The van der Waals surface area contributed by atoms with Gasteiger partial charge in [0.05, 0.1) is 5.02 Å². The van der Waals surface area contributed by atoms with Gasteiger partial charge in [-0.1, -0.05) is 29.3 Å². The highest BCUT2D eigenvalue weighted by atomic mass is 35.5. The van der Waals surface area contributed by atoms with Gasteiger partial charge in [0.1, 0.15) is 5.82 Å². The summed E-state index contributed by atoms with van der Waals surface area (Å²) in [4.78, 5) is 0. The van der Waals surface area contributed by atoms with Crippen molar-refractivity contribution in [2.24, 2.45) is 5.84 Å². The molecule has 0 heterocycles. The Morgan fingerprint density at radius 3 is 2.79 bits per heavy atom. The van der Waals surface area contributed by atoms with Gasteiger partial charge < -0.3 is 0 Å². The van der Waals surface area contributed by atoms with Crippen LogP contribution in [0.1, 0.15) is 37.7 Å². The van der Waals surface area contributed by atoms with E-state index in [0.29, 0.717) is 0 Å². The average Bonchev–Trinajstić information content (AvgIpc) is 2.43. The van der Waals surface area contributed by atoms with Gasteiger partial charge in [-0.05, 0) is 56.2 Å². The molecule has 1 aromatic carbocycles. The number of allylic oxidation sites excluding steroid dienone is 1. The van der Waals surface area contributed by atoms with E-state index in [2.05, 4.69) is 11.5 Å². The Morgan fingerprint density at radius 1 is 1.32 bits per heavy atom. The van der Waals surface area contributed by atoms with Crippen LogP contribution in [0.4, 0.5) is 4.39 Å². The van der Waals surface area contributed by atoms with Gasteiger partial charge >= 0.3 is 0 Å². The minimum Gasteiger partial charge on any atom is -0.271 e. The van der Waals surface area contributed by atoms with Crippen molar-refractivity contribution in [3.63, 3.8) is 0 Å². The molecule has 1 aliphatic carbocycles. The first-order valence-electron chi connectivity index (χ1n) is 6.77. The van der Waals surface area contributed by atoms with Gasteiger partial charge in [0.2, 0.25) is 0 Å². The number of halogens is 2. The van der Waals surface area contributed by atoms with Gasteiger partial charge in [0.15, 0.2) is 0 Å². The summed E-state index contributed by atoms with van der Waals surface area (Å²) >= 11 is 5.79. The van der Waals surface area contributed by atoms with Gasteiger partial charge in [0, 0.05) is 6.04 Å². The SMILES string of the molecule is NNC(CC1=CCCCC1)Cc1ccc(F)c(Cl)c1.